The summed E-state index contributed by atoms with van der Waals surface area (Å²) in [5.74, 6) is -0.157. The van der Waals surface area contributed by atoms with Crippen molar-refractivity contribution < 1.29 is 10.2 Å². The number of rotatable bonds is 0. The van der Waals surface area contributed by atoms with Gasteiger partial charge in [0.25, 0.3) is 0 Å². The van der Waals surface area contributed by atoms with Gasteiger partial charge in [0.05, 0.1) is 0 Å². The summed E-state index contributed by atoms with van der Waals surface area (Å²) < 4.78 is 0. The van der Waals surface area contributed by atoms with Gasteiger partial charge in [-0.3, -0.25) is 0 Å². The highest BCUT2D eigenvalue weighted by atomic mass is 16.3. The van der Waals surface area contributed by atoms with E-state index < -0.39 is 0 Å². The molecule has 2 nitrogen and oxygen atoms in total. The van der Waals surface area contributed by atoms with Crippen molar-refractivity contribution in [1.82, 2.24) is 0 Å². The molecule has 2 heteroatoms. The second kappa shape index (κ2) is 2.41. The van der Waals surface area contributed by atoms with Crippen molar-refractivity contribution in [2.24, 2.45) is 0 Å². The van der Waals surface area contributed by atoms with Gasteiger partial charge >= 0.3 is 0 Å². The Morgan fingerprint density at radius 3 is 2.75 bits per heavy atom. The number of benzene rings is 2. The Morgan fingerprint density at radius 2 is 1.92 bits per heavy atom. The fraction of sp³-hybridized carbons (Fsp3) is 0. The van der Waals surface area contributed by atoms with Crippen LogP contribution in [0.1, 0.15) is 0 Å². The van der Waals surface area contributed by atoms with Gasteiger partial charge in [0, 0.05) is 5.39 Å². The molecule has 0 aromatic heterocycles. The molecule has 0 aliphatic rings. The van der Waals surface area contributed by atoms with Crippen LogP contribution in [0.2, 0.25) is 0 Å². The summed E-state index contributed by atoms with van der Waals surface area (Å²) in [6.07, 6.45) is 0. The average molecular weight is 159 g/mol. The first-order chi connectivity index (χ1) is 5.79. The molecule has 0 spiro atoms. The zero-order valence-corrected chi connectivity index (χ0v) is 6.28. The first-order valence-electron chi connectivity index (χ1n) is 3.60. The second-order valence-electron chi connectivity index (χ2n) is 2.58. The van der Waals surface area contributed by atoms with E-state index in [0.717, 1.165) is 5.39 Å². The lowest BCUT2D eigenvalue weighted by Gasteiger charge is -2.01. The Kier molecular flexibility index (Phi) is 1.40. The van der Waals surface area contributed by atoms with Crippen molar-refractivity contribution in [2.45, 2.75) is 0 Å². The summed E-state index contributed by atoms with van der Waals surface area (Å²) in [6, 6.07) is 11.3. The van der Waals surface area contributed by atoms with Crippen LogP contribution < -0.4 is 0 Å². The molecule has 2 rings (SSSR count). The molecule has 0 bridgehead atoms. The molecule has 2 aromatic carbocycles. The molecular weight excluding hydrogens is 152 g/mol. The summed E-state index contributed by atoms with van der Waals surface area (Å²) in [6.45, 7) is 0. The molecule has 59 valence electrons. The number of phenolic OH excluding ortho intramolecular Hbond substituents is 2. The van der Waals surface area contributed by atoms with Gasteiger partial charge in [-0.15, -0.1) is 0 Å². The fourth-order valence-electron chi connectivity index (χ4n) is 1.18. The number of fused-ring (bicyclic) bond motifs is 1. The summed E-state index contributed by atoms with van der Waals surface area (Å²) in [5, 5.41) is 20.1. The molecular formula is C10H7O2. The minimum absolute atomic E-state index is 0.0681. The number of hydrogen-bond donors (Lipinski definition) is 2. The van der Waals surface area contributed by atoms with Gasteiger partial charge in [-0.2, -0.15) is 0 Å². The van der Waals surface area contributed by atoms with Gasteiger partial charge in [0.2, 0.25) is 0 Å². The fourth-order valence-corrected chi connectivity index (χ4v) is 1.18. The zero-order chi connectivity index (χ0) is 8.55. The van der Waals surface area contributed by atoms with E-state index >= 15 is 0 Å². The lowest BCUT2D eigenvalue weighted by Crippen LogP contribution is -1.73. The van der Waals surface area contributed by atoms with E-state index in [9.17, 15) is 5.11 Å². The second-order valence-corrected chi connectivity index (χ2v) is 2.58. The molecule has 2 N–H and O–H groups in total. The van der Waals surface area contributed by atoms with E-state index in [1.54, 1.807) is 24.3 Å². The highest BCUT2D eigenvalue weighted by molar-refractivity contribution is 5.89. The Morgan fingerprint density at radius 1 is 1.08 bits per heavy atom. The van der Waals surface area contributed by atoms with E-state index in [1.807, 2.05) is 0 Å². The largest absolute Gasteiger partial charge is 0.504 e. The van der Waals surface area contributed by atoms with Gasteiger partial charge in [0.15, 0.2) is 11.5 Å². The molecule has 1 radical (unpaired) electrons. The van der Waals surface area contributed by atoms with Gasteiger partial charge in [-0.1, -0.05) is 12.1 Å². The normalized spacial score (nSPS) is 10.3. The maximum atomic E-state index is 9.39. The van der Waals surface area contributed by atoms with Crippen LogP contribution in [0, 0.1) is 6.07 Å². The number of phenols is 2. The Hall–Kier alpha value is -1.70. The molecule has 2 aromatic rings. The summed E-state index contributed by atoms with van der Waals surface area (Å²) in [7, 11) is 0. The van der Waals surface area contributed by atoms with Crippen LogP contribution in [-0.4, -0.2) is 10.2 Å². The van der Waals surface area contributed by atoms with E-state index in [-0.39, 0.29) is 11.5 Å². The Labute approximate surface area is 69.7 Å². The quantitative estimate of drug-likeness (QED) is 0.577. The minimum Gasteiger partial charge on any atom is -0.504 e. The van der Waals surface area contributed by atoms with E-state index in [4.69, 9.17) is 5.11 Å². The van der Waals surface area contributed by atoms with E-state index in [1.165, 1.54) is 6.07 Å². The smallest absolute Gasteiger partial charge is 0.165 e. The molecule has 12 heavy (non-hydrogen) atoms. The van der Waals surface area contributed by atoms with Crippen LogP contribution in [0.15, 0.2) is 30.3 Å². The highest BCUT2D eigenvalue weighted by Crippen LogP contribution is 2.32. The maximum absolute atomic E-state index is 9.39. The summed E-state index contributed by atoms with van der Waals surface area (Å²) in [4.78, 5) is 0. The van der Waals surface area contributed by atoms with Crippen molar-refractivity contribution >= 4 is 10.8 Å². The first kappa shape index (κ1) is 6.98. The summed E-state index contributed by atoms with van der Waals surface area (Å²) in [5.41, 5.74) is 0. The van der Waals surface area contributed by atoms with Crippen LogP contribution >= 0.6 is 0 Å². The van der Waals surface area contributed by atoms with Crippen molar-refractivity contribution in [3.63, 3.8) is 0 Å². The van der Waals surface area contributed by atoms with Crippen LogP contribution in [0.5, 0.6) is 11.5 Å². The van der Waals surface area contributed by atoms with Gasteiger partial charge < -0.3 is 10.2 Å². The van der Waals surface area contributed by atoms with E-state index in [2.05, 4.69) is 6.07 Å². The van der Waals surface area contributed by atoms with Crippen molar-refractivity contribution in [2.75, 3.05) is 0 Å². The summed E-state index contributed by atoms with van der Waals surface area (Å²) >= 11 is 0. The van der Waals surface area contributed by atoms with E-state index in [0.29, 0.717) is 5.39 Å². The van der Waals surface area contributed by atoms with Crippen LogP contribution in [0.4, 0.5) is 0 Å². The third kappa shape index (κ3) is 0.889. The highest BCUT2D eigenvalue weighted by Gasteiger charge is 2.02. The lowest BCUT2D eigenvalue weighted by molar-refractivity contribution is 0.408. The molecule has 0 unspecified atom stereocenters. The topological polar surface area (TPSA) is 40.5 Å². The monoisotopic (exact) mass is 159 g/mol. The lowest BCUT2D eigenvalue weighted by atomic mass is 10.1. The SMILES string of the molecule is Oc1ccc2c[c]ccc2c1O. The van der Waals surface area contributed by atoms with Crippen molar-refractivity contribution in [1.29, 1.82) is 0 Å². The van der Waals surface area contributed by atoms with Gasteiger partial charge in [-0.25, -0.2) is 0 Å². The minimum atomic E-state index is -0.0892. The standard InChI is InChI=1S/C10H7O2/c11-9-6-5-7-3-1-2-4-8(7)10(9)12/h2-6,11-12H. The number of hydrogen-bond acceptors (Lipinski definition) is 2. The third-order valence-corrected chi connectivity index (χ3v) is 1.81. The first-order valence-corrected chi connectivity index (χ1v) is 3.60. The molecule has 0 saturated heterocycles. The Bertz CT molecular complexity index is 421. The van der Waals surface area contributed by atoms with Gasteiger partial charge in [0.1, 0.15) is 0 Å². The molecule has 0 heterocycles. The zero-order valence-electron chi connectivity index (χ0n) is 6.28. The maximum Gasteiger partial charge on any atom is 0.165 e. The predicted octanol–water partition coefficient (Wildman–Crippen LogP) is 2.05. The molecule has 0 aliphatic heterocycles. The molecule has 0 fully saturated rings. The Balaban J connectivity index is 2.91. The third-order valence-electron chi connectivity index (χ3n) is 1.81. The molecule has 0 amide bonds. The molecule has 0 saturated carbocycles. The average Bonchev–Trinajstić information content (AvgIpc) is 2.12. The predicted molar refractivity (Wildman–Crippen MR) is 46.1 cm³/mol. The van der Waals surface area contributed by atoms with Crippen LogP contribution in [0.3, 0.4) is 0 Å². The molecule has 0 atom stereocenters. The number of aromatic hydroxyl groups is 2. The van der Waals surface area contributed by atoms with Crippen LogP contribution in [0.25, 0.3) is 10.8 Å². The van der Waals surface area contributed by atoms with Gasteiger partial charge in [-0.05, 0) is 29.7 Å². The molecule has 0 aliphatic carbocycles. The van der Waals surface area contributed by atoms with Crippen LogP contribution in [-0.2, 0) is 0 Å². The van der Waals surface area contributed by atoms with Crippen molar-refractivity contribution in [3.8, 4) is 11.5 Å². The van der Waals surface area contributed by atoms with Crippen molar-refractivity contribution in [3.05, 3.63) is 36.4 Å².